The van der Waals surface area contributed by atoms with Crippen LogP contribution in [0.2, 0.25) is 0 Å². The van der Waals surface area contributed by atoms with Gasteiger partial charge in [-0.25, -0.2) is 4.79 Å². The first-order valence-corrected chi connectivity index (χ1v) is 6.73. The van der Waals surface area contributed by atoms with Crippen molar-refractivity contribution in [1.29, 1.82) is 0 Å². The van der Waals surface area contributed by atoms with Crippen LogP contribution in [0.3, 0.4) is 0 Å². The van der Waals surface area contributed by atoms with Gasteiger partial charge in [-0.05, 0) is 12.5 Å². The maximum atomic E-state index is 11.7. The highest BCUT2D eigenvalue weighted by molar-refractivity contribution is 5.67. The summed E-state index contributed by atoms with van der Waals surface area (Å²) in [6.45, 7) is 2.97. The molecule has 1 atom stereocenters. The second-order valence-corrected chi connectivity index (χ2v) is 4.74. The molecule has 2 aromatic rings. The number of carbonyl (C=O) groups is 1. The van der Waals surface area contributed by atoms with Crippen LogP contribution in [0, 0.1) is 0 Å². The van der Waals surface area contributed by atoms with E-state index in [0.717, 1.165) is 5.56 Å². The molecule has 1 amide bonds. The number of carbonyl (C=O) groups excluding carboxylic acids is 1. The van der Waals surface area contributed by atoms with Crippen molar-refractivity contribution in [1.82, 2.24) is 20.3 Å². The molecule has 0 saturated heterocycles. The largest absolute Gasteiger partial charge is 0.445 e. The first-order valence-electron chi connectivity index (χ1n) is 6.73. The SMILES string of the molecule is CC(Cn1cc(CN)nn1)NC(=O)OCc1ccccc1. The van der Waals surface area contributed by atoms with Crippen molar-refractivity contribution < 1.29 is 9.53 Å². The standard InChI is InChI=1S/C14H19N5O2/c1-11(8-19-9-13(7-15)17-18-19)16-14(20)21-10-12-5-3-2-4-6-12/h2-6,9,11H,7-8,10,15H2,1H3,(H,16,20). The van der Waals surface area contributed by atoms with Crippen LogP contribution in [0.5, 0.6) is 0 Å². The van der Waals surface area contributed by atoms with E-state index in [0.29, 0.717) is 18.8 Å². The van der Waals surface area contributed by atoms with Crippen LogP contribution >= 0.6 is 0 Å². The predicted molar refractivity (Wildman–Crippen MR) is 77.1 cm³/mol. The summed E-state index contributed by atoms with van der Waals surface area (Å²) in [5, 5.41) is 10.6. The van der Waals surface area contributed by atoms with Crippen LogP contribution in [0.25, 0.3) is 0 Å². The highest BCUT2D eigenvalue weighted by Gasteiger charge is 2.10. The van der Waals surface area contributed by atoms with Gasteiger partial charge in [0.05, 0.1) is 12.2 Å². The van der Waals surface area contributed by atoms with Crippen LogP contribution in [0.1, 0.15) is 18.2 Å². The van der Waals surface area contributed by atoms with Gasteiger partial charge in [0, 0.05) is 18.8 Å². The predicted octanol–water partition coefficient (Wildman–Crippen LogP) is 1.05. The fourth-order valence-electron chi connectivity index (χ4n) is 1.81. The first kappa shape index (κ1) is 15.0. The third-order valence-corrected chi connectivity index (χ3v) is 2.83. The first-order chi connectivity index (χ1) is 10.2. The number of alkyl carbamates (subject to hydrolysis) is 1. The van der Waals surface area contributed by atoms with E-state index in [-0.39, 0.29) is 12.6 Å². The quantitative estimate of drug-likeness (QED) is 0.829. The Hall–Kier alpha value is -2.41. The van der Waals surface area contributed by atoms with Crippen LogP contribution in [0.15, 0.2) is 36.5 Å². The fraction of sp³-hybridized carbons (Fsp3) is 0.357. The number of aromatic nitrogens is 3. The molecule has 1 aromatic carbocycles. The van der Waals surface area contributed by atoms with Gasteiger partial charge in [-0.15, -0.1) is 5.10 Å². The van der Waals surface area contributed by atoms with Gasteiger partial charge in [0.25, 0.3) is 0 Å². The summed E-state index contributed by atoms with van der Waals surface area (Å²) in [6.07, 6.45) is 1.30. The van der Waals surface area contributed by atoms with Crippen molar-refractivity contribution in [2.75, 3.05) is 0 Å². The Kier molecular flexibility index (Phi) is 5.28. The lowest BCUT2D eigenvalue weighted by Gasteiger charge is -2.13. The Morgan fingerprint density at radius 3 is 2.86 bits per heavy atom. The van der Waals surface area contributed by atoms with Crippen molar-refractivity contribution in [2.24, 2.45) is 5.73 Å². The van der Waals surface area contributed by atoms with Gasteiger partial charge in [-0.3, -0.25) is 4.68 Å². The molecular formula is C14H19N5O2. The van der Waals surface area contributed by atoms with Crippen molar-refractivity contribution in [3.8, 4) is 0 Å². The Balaban J connectivity index is 1.74. The molecule has 0 spiro atoms. The Morgan fingerprint density at radius 2 is 2.19 bits per heavy atom. The molecule has 0 saturated carbocycles. The molecule has 1 aromatic heterocycles. The normalized spacial score (nSPS) is 11.9. The van der Waals surface area contributed by atoms with Crippen LogP contribution in [-0.2, 0) is 24.4 Å². The molecule has 2 rings (SSSR count). The minimum absolute atomic E-state index is 0.124. The molecule has 0 aliphatic heterocycles. The van der Waals surface area contributed by atoms with Gasteiger partial charge < -0.3 is 15.8 Å². The number of nitrogens with two attached hydrogens (primary N) is 1. The topological polar surface area (TPSA) is 95.1 Å². The summed E-state index contributed by atoms with van der Waals surface area (Å²) in [7, 11) is 0. The van der Waals surface area contributed by atoms with Gasteiger partial charge in [0.15, 0.2) is 0 Å². The molecule has 0 radical (unpaired) electrons. The van der Waals surface area contributed by atoms with E-state index in [1.165, 1.54) is 0 Å². The van der Waals surface area contributed by atoms with E-state index in [2.05, 4.69) is 15.6 Å². The molecule has 7 heteroatoms. The molecule has 1 unspecified atom stereocenters. The van der Waals surface area contributed by atoms with Gasteiger partial charge >= 0.3 is 6.09 Å². The van der Waals surface area contributed by atoms with E-state index >= 15 is 0 Å². The molecule has 1 heterocycles. The number of ether oxygens (including phenoxy) is 1. The monoisotopic (exact) mass is 289 g/mol. The Bertz CT molecular complexity index is 570. The number of hydrogen-bond acceptors (Lipinski definition) is 5. The molecule has 3 N–H and O–H groups in total. The molecular weight excluding hydrogens is 270 g/mol. The molecule has 0 fully saturated rings. The summed E-state index contributed by atoms with van der Waals surface area (Å²) in [5.41, 5.74) is 7.13. The highest BCUT2D eigenvalue weighted by Crippen LogP contribution is 2.01. The number of nitrogens with zero attached hydrogens (tertiary/aromatic N) is 3. The number of nitrogens with one attached hydrogen (secondary N) is 1. The third kappa shape index (κ3) is 4.88. The molecule has 7 nitrogen and oxygen atoms in total. The molecule has 21 heavy (non-hydrogen) atoms. The lowest BCUT2D eigenvalue weighted by atomic mass is 10.2. The van der Waals surface area contributed by atoms with Crippen LogP contribution in [0.4, 0.5) is 4.79 Å². The van der Waals surface area contributed by atoms with Gasteiger partial charge in [-0.1, -0.05) is 35.5 Å². The van der Waals surface area contributed by atoms with E-state index in [1.54, 1.807) is 10.9 Å². The Morgan fingerprint density at radius 1 is 1.43 bits per heavy atom. The highest BCUT2D eigenvalue weighted by atomic mass is 16.5. The van der Waals surface area contributed by atoms with Crippen molar-refractivity contribution in [3.05, 3.63) is 47.8 Å². The summed E-state index contributed by atoms with van der Waals surface area (Å²) in [4.78, 5) is 11.7. The summed E-state index contributed by atoms with van der Waals surface area (Å²) >= 11 is 0. The molecule has 112 valence electrons. The second-order valence-electron chi connectivity index (χ2n) is 4.74. The smallest absolute Gasteiger partial charge is 0.407 e. The van der Waals surface area contributed by atoms with E-state index in [1.807, 2.05) is 37.3 Å². The van der Waals surface area contributed by atoms with Crippen molar-refractivity contribution in [3.63, 3.8) is 0 Å². The molecule has 0 bridgehead atoms. The third-order valence-electron chi connectivity index (χ3n) is 2.83. The van der Waals surface area contributed by atoms with Crippen molar-refractivity contribution >= 4 is 6.09 Å². The zero-order chi connectivity index (χ0) is 15.1. The fourth-order valence-corrected chi connectivity index (χ4v) is 1.81. The van der Waals surface area contributed by atoms with Crippen LogP contribution < -0.4 is 11.1 Å². The molecule has 0 aliphatic rings. The van der Waals surface area contributed by atoms with E-state index < -0.39 is 6.09 Å². The summed E-state index contributed by atoms with van der Waals surface area (Å²) in [6, 6.07) is 9.40. The minimum atomic E-state index is -0.453. The number of benzene rings is 1. The molecule has 0 aliphatic carbocycles. The zero-order valence-corrected chi connectivity index (χ0v) is 11.9. The number of amides is 1. The zero-order valence-electron chi connectivity index (χ0n) is 11.9. The Labute approximate surface area is 123 Å². The number of hydrogen-bond donors (Lipinski definition) is 2. The second kappa shape index (κ2) is 7.39. The maximum Gasteiger partial charge on any atom is 0.407 e. The van der Waals surface area contributed by atoms with Gasteiger partial charge in [0.2, 0.25) is 0 Å². The minimum Gasteiger partial charge on any atom is -0.445 e. The number of rotatable bonds is 6. The average Bonchev–Trinajstić information content (AvgIpc) is 2.93. The maximum absolute atomic E-state index is 11.7. The summed E-state index contributed by atoms with van der Waals surface area (Å²) in [5.74, 6) is 0. The average molecular weight is 289 g/mol. The van der Waals surface area contributed by atoms with Crippen molar-refractivity contribution in [2.45, 2.75) is 32.7 Å². The van der Waals surface area contributed by atoms with E-state index in [4.69, 9.17) is 10.5 Å². The van der Waals surface area contributed by atoms with Crippen LogP contribution in [-0.4, -0.2) is 27.1 Å². The van der Waals surface area contributed by atoms with E-state index in [9.17, 15) is 4.79 Å². The lowest BCUT2D eigenvalue weighted by Crippen LogP contribution is -2.36. The summed E-state index contributed by atoms with van der Waals surface area (Å²) < 4.78 is 6.79. The lowest BCUT2D eigenvalue weighted by molar-refractivity contribution is 0.135. The van der Waals surface area contributed by atoms with Gasteiger partial charge in [0.1, 0.15) is 6.61 Å². The van der Waals surface area contributed by atoms with Gasteiger partial charge in [-0.2, -0.15) is 0 Å².